The maximum atomic E-state index is 3.65. The summed E-state index contributed by atoms with van der Waals surface area (Å²) in [7, 11) is 0. The van der Waals surface area contributed by atoms with E-state index in [-0.39, 0.29) is 5.41 Å². The van der Waals surface area contributed by atoms with Gasteiger partial charge in [0.05, 0.1) is 0 Å². The highest BCUT2D eigenvalue weighted by Gasteiger charge is 2.22. The van der Waals surface area contributed by atoms with Gasteiger partial charge in [0.25, 0.3) is 0 Å². The molecule has 2 rings (SSSR count). The minimum atomic E-state index is 0.260. The smallest absolute Gasteiger partial charge is 0.0115 e. The van der Waals surface area contributed by atoms with E-state index in [0.717, 1.165) is 19.0 Å². The molecule has 1 aromatic heterocycles. The molecule has 0 spiro atoms. The third kappa shape index (κ3) is 3.80. The fraction of sp³-hybridized carbons (Fsp3) is 0.714. The number of thiophene rings is 1. The summed E-state index contributed by atoms with van der Waals surface area (Å²) in [6.07, 6.45) is 2.71. The van der Waals surface area contributed by atoms with E-state index < -0.39 is 0 Å². The van der Waals surface area contributed by atoms with Crippen molar-refractivity contribution in [2.45, 2.75) is 32.1 Å². The summed E-state index contributed by atoms with van der Waals surface area (Å²) in [5.74, 6) is 0.822. The minimum Gasteiger partial charge on any atom is -0.316 e. The van der Waals surface area contributed by atoms with Crippen LogP contribution in [0.1, 0.15) is 31.6 Å². The van der Waals surface area contributed by atoms with Crippen LogP contribution in [0.2, 0.25) is 0 Å². The molecule has 0 radical (unpaired) electrons. The molecule has 96 valence electrons. The molecule has 2 nitrogen and oxygen atoms in total. The van der Waals surface area contributed by atoms with Gasteiger partial charge in [-0.2, -0.15) is 0 Å². The number of rotatable bonds is 5. The molecule has 1 atom stereocenters. The Morgan fingerprint density at radius 3 is 3.06 bits per heavy atom. The van der Waals surface area contributed by atoms with Gasteiger partial charge in [0.1, 0.15) is 0 Å². The van der Waals surface area contributed by atoms with Crippen LogP contribution < -0.4 is 10.6 Å². The lowest BCUT2D eigenvalue weighted by atomic mass is 9.91. The van der Waals surface area contributed by atoms with Crippen LogP contribution in [-0.4, -0.2) is 26.2 Å². The van der Waals surface area contributed by atoms with Crippen LogP contribution in [0.15, 0.2) is 17.5 Å². The number of nitrogens with one attached hydrogen (secondary N) is 2. The van der Waals surface area contributed by atoms with Crippen LogP contribution in [0.3, 0.4) is 0 Å². The van der Waals surface area contributed by atoms with Crippen molar-refractivity contribution in [3.8, 4) is 0 Å². The summed E-state index contributed by atoms with van der Waals surface area (Å²) in [6.45, 7) is 9.27. The highest BCUT2D eigenvalue weighted by molar-refractivity contribution is 7.10. The predicted molar refractivity (Wildman–Crippen MR) is 75.8 cm³/mol. The van der Waals surface area contributed by atoms with Gasteiger partial charge in [0, 0.05) is 16.8 Å². The quantitative estimate of drug-likeness (QED) is 0.842. The SMILES string of the molecule is CC(C)(CNCC1CCCNC1)c1cccs1. The second-order valence-corrected chi connectivity index (χ2v) is 6.65. The van der Waals surface area contributed by atoms with Crippen molar-refractivity contribution in [3.05, 3.63) is 22.4 Å². The highest BCUT2D eigenvalue weighted by Crippen LogP contribution is 2.26. The maximum Gasteiger partial charge on any atom is 0.0115 e. The third-order valence-electron chi connectivity index (χ3n) is 3.59. The Kier molecular flexibility index (Phi) is 4.60. The highest BCUT2D eigenvalue weighted by atomic mass is 32.1. The summed E-state index contributed by atoms with van der Waals surface area (Å²) < 4.78 is 0. The molecular weight excluding hydrogens is 228 g/mol. The molecule has 0 aliphatic carbocycles. The monoisotopic (exact) mass is 252 g/mol. The molecule has 3 heteroatoms. The second-order valence-electron chi connectivity index (χ2n) is 5.70. The van der Waals surface area contributed by atoms with Crippen molar-refractivity contribution < 1.29 is 0 Å². The Bertz CT molecular complexity index is 313. The van der Waals surface area contributed by atoms with E-state index in [2.05, 4.69) is 42.0 Å². The van der Waals surface area contributed by atoms with Crippen molar-refractivity contribution in [1.29, 1.82) is 0 Å². The Morgan fingerprint density at radius 2 is 2.41 bits per heavy atom. The summed E-state index contributed by atoms with van der Waals surface area (Å²) in [4.78, 5) is 1.48. The maximum absolute atomic E-state index is 3.65. The van der Waals surface area contributed by atoms with Gasteiger partial charge in [-0.05, 0) is 49.8 Å². The van der Waals surface area contributed by atoms with E-state index >= 15 is 0 Å². The zero-order valence-corrected chi connectivity index (χ0v) is 11.8. The van der Waals surface area contributed by atoms with E-state index in [1.807, 2.05) is 11.3 Å². The van der Waals surface area contributed by atoms with E-state index in [1.54, 1.807) is 0 Å². The van der Waals surface area contributed by atoms with E-state index in [4.69, 9.17) is 0 Å². The first kappa shape index (κ1) is 13.1. The fourth-order valence-electron chi connectivity index (χ4n) is 2.44. The van der Waals surface area contributed by atoms with Crippen molar-refractivity contribution in [3.63, 3.8) is 0 Å². The van der Waals surface area contributed by atoms with Crippen molar-refractivity contribution in [1.82, 2.24) is 10.6 Å². The fourth-order valence-corrected chi connectivity index (χ4v) is 3.29. The van der Waals surface area contributed by atoms with Crippen LogP contribution in [0.25, 0.3) is 0 Å². The van der Waals surface area contributed by atoms with E-state index in [0.29, 0.717) is 0 Å². The topological polar surface area (TPSA) is 24.1 Å². The number of piperidine rings is 1. The molecule has 0 bridgehead atoms. The summed E-state index contributed by atoms with van der Waals surface area (Å²) in [5, 5.41) is 9.29. The normalized spacial score (nSPS) is 21.6. The molecule has 1 aliphatic heterocycles. The molecule has 17 heavy (non-hydrogen) atoms. The number of hydrogen-bond donors (Lipinski definition) is 2. The van der Waals surface area contributed by atoms with Gasteiger partial charge in [-0.25, -0.2) is 0 Å². The Balaban J connectivity index is 1.74. The van der Waals surface area contributed by atoms with Gasteiger partial charge in [-0.15, -0.1) is 11.3 Å². The molecule has 1 unspecified atom stereocenters. The molecular formula is C14H24N2S. The molecule has 2 N–H and O–H groups in total. The van der Waals surface area contributed by atoms with E-state index in [9.17, 15) is 0 Å². The number of hydrogen-bond acceptors (Lipinski definition) is 3. The zero-order chi connectivity index (χ0) is 12.1. The van der Waals surface area contributed by atoms with Crippen molar-refractivity contribution in [2.75, 3.05) is 26.2 Å². The third-order valence-corrected chi connectivity index (χ3v) is 4.82. The van der Waals surface area contributed by atoms with Crippen LogP contribution in [0.4, 0.5) is 0 Å². The van der Waals surface area contributed by atoms with Crippen molar-refractivity contribution >= 4 is 11.3 Å². The largest absolute Gasteiger partial charge is 0.316 e. The summed E-state index contributed by atoms with van der Waals surface area (Å²) >= 11 is 1.86. The Hall–Kier alpha value is -0.380. The van der Waals surface area contributed by atoms with Gasteiger partial charge in [0.15, 0.2) is 0 Å². The van der Waals surface area contributed by atoms with E-state index in [1.165, 1.54) is 30.8 Å². The first-order valence-corrected chi connectivity index (χ1v) is 7.52. The van der Waals surface area contributed by atoms with Gasteiger partial charge >= 0.3 is 0 Å². The van der Waals surface area contributed by atoms with Crippen LogP contribution >= 0.6 is 11.3 Å². The molecule has 0 amide bonds. The van der Waals surface area contributed by atoms with Gasteiger partial charge < -0.3 is 10.6 Å². The lowest BCUT2D eigenvalue weighted by Gasteiger charge is -2.27. The van der Waals surface area contributed by atoms with Gasteiger partial charge in [0.2, 0.25) is 0 Å². The van der Waals surface area contributed by atoms with Crippen molar-refractivity contribution in [2.24, 2.45) is 5.92 Å². The Morgan fingerprint density at radius 1 is 1.53 bits per heavy atom. The van der Waals surface area contributed by atoms with Gasteiger partial charge in [-0.1, -0.05) is 19.9 Å². The average molecular weight is 252 g/mol. The first-order chi connectivity index (χ1) is 8.18. The molecule has 0 aromatic carbocycles. The first-order valence-electron chi connectivity index (χ1n) is 6.64. The average Bonchev–Trinajstić information content (AvgIpc) is 2.84. The summed E-state index contributed by atoms with van der Waals surface area (Å²) in [6, 6.07) is 4.39. The molecule has 1 aliphatic rings. The lowest BCUT2D eigenvalue weighted by molar-refractivity contribution is 0.346. The van der Waals surface area contributed by atoms with Crippen LogP contribution in [0.5, 0.6) is 0 Å². The molecule has 1 saturated heterocycles. The van der Waals surface area contributed by atoms with Gasteiger partial charge in [-0.3, -0.25) is 0 Å². The lowest BCUT2D eigenvalue weighted by Crippen LogP contribution is -2.40. The minimum absolute atomic E-state index is 0.260. The molecule has 1 fully saturated rings. The second kappa shape index (κ2) is 5.98. The zero-order valence-electron chi connectivity index (χ0n) is 11.0. The van der Waals surface area contributed by atoms with Crippen LogP contribution in [0, 0.1) is 5.92 Å². The van der Waals surface area contributed by atoms with Crippen LogP contribution in [-0.2, 0) is 5.41 Å². The standard InChI is InChI=1S/C14H24N2S/c1-14(2,13-6-4-8-17-13)11-16-10-12-5-3-7-15-9-12/h4,6,8,12,15-16H,3,5,7,9-11H2,1-2H3. The Labute approximate surface area is 109 Å². The molecule has 0 saturated carbocycles. The summed E-state index contributed by atoms with van der Waals surface area (Å²) in [5.41, 5.74) is 0.260. The molecule has 1 aromatic rings. The predicted octanol–water partition coefficient (Wildman–Crippen LogP) is 2.61. The molecule has 2 heterocycles.